The molecule has 68 valence electrons. The van der Waals surface area contributed by atoms with Crippen LogP contribution in [0.2, 0.25) is 0 Å². The van der Waals surface area contributed by atoms with Gasteiger partial charge in [-0.3, -0.25) is 0 Å². The van der Waals surface area contributed by atoms with E-state index in [4.69, 9.17) is 9.84 Å². The van der Waals surface area contributed by atoms with Crippen LogP contribution in [0.5, 0.6) is 0 Å². The van der Waals surface area contributed by atoms with Crippen LogP contribution in [0.1, 0.15) is 19.3 Å². The molecular weight excluding hydrogens is 142 g/mol. The molecule has 0 saturated heterocycles. The van der Waals surface area contributed by atoms with E-state index in [9.17, 15) is 0 Å². The van der Waals surface area contributed by atoms with Gasteiger partial charge in [-0.25, -0.2) is 0 Å². The van der Waals surface area contributed by atoms with Gasteiger partial charge in [0.1, 0.15) is 0 Å². The van der Waals surface area contributed by atoms with Gasteiger partial charge in [0.05, 0.1) is 0 Å². The summed E-state index contributed by atoms with van der Waals surface area (Å²) in [6.07, 6.45) is 3.02. The molecule has 2 N–H and O–H groups in total. The van der Waals surface area contributed by atoms with Crippen LogP contribution in [0.25, 0.3) is 0 Å². The fraction of sp³-hybridized carbons (Fsp3) is 1.00. The molecule has 3 heteroatoms. The van der Waals surface area contributed by atoms with Crippen LogP contribution in [0.3, 0.4) is 0 Å². The Hall–Kier alpha value is -0.120. The maximum Gasteiger partial charge on any atom is 0.0474 e. The second-order valence-electron chi connectivity index (χ2n) is 2.53. The van der Waals surface area contributed by atoms with E-state index in [1.165, 1.54) is 0 Å². The first kappa shape index (κ1) is 10.9. The van der Waals surface area contributed by atoms with Crippen molar-refractivity contribution in [2.75, 3.05) is 33.4 Å². The Labute approximate surface area is 68.8 Å². The van der Waals surface area contributed by atoms with Crippen molar-refractivity contribution in [2.24, 2.45) is 0 Å². The molecule has 0 amide bonds. The quantitative estimate of drug-likeness (QED) is 0.506. The lowest BCUT2D eigenvalue weighted by Gasteiger charge is -2.02. The molecule has 0 atom stereocenters. The first-order valence-electron chi connectivity index (χ1n) is 4.22. The second-order valence-corrected chi connectivity index (χ2v) is 2.53. The van der Waals surface area contributed by atoms with Gasteiger partial charge in [0, 0.05) is 20.3 Å². The van der Waals surface area contributed by atoms with E-state index in [1.54, 1.807) is 7.11 Å². The number of hydrogen-bond donors (Lipinski definition) is 2. The number of hydrogen-bond acceptors (Lipinski definition) is 3. The average molecular weight is 161 g/mol. The van der Waals surface area contributed by atoms with Crippen LogP contribution in [-0.2, 0) is 4.74 Å². The predicted molar refractivity (Wildman–Crippen MR) is 45.7 cm³/mol. The lowest BCUT2D eigenvalue weighted by atomic mass is 10.3. The Morgan fingerprint density at radius 3 is 2.55 bits per heavy atom. The molecule has 11 heavy (non-hydrogen) atoms. The van der Waals surface area contributed by atoms with Crippen molar-refractivity contribution in [3.63, 3.8) is 0 Å². The van der Waals surface area contributed by atoms with Gasteiger partial charge < -0.3 is 15.2 Å². The zero-order valence-corrected chi connectivity index (χ0v) is 7.31. The number of ether oxygens (including phenoxy) is 1. The molecule has 3 nitrogen and oxygen atoms in total. The number of aliphatic hydroxyl groups excluding tert-OH is 1. The van der Waals surface area contributed by atoms with Crippen molar-refractivity contribution in [1.82, 2.24) is 5.32 Å². The molecule has 0 aromatic heterocycles. The Kier molecular flexibility index (Phi) is 9.77. The SMILES string of the molecule is COCCCNCCCCO. The summed E-state index contributed by atoms with van der Waals surface area (Å²) in [4.78, 5) is 0. The number of methoxy groups -OCH3 is 1. The van der Waals surface area contributed by atoms with E-state index in [0.29, 0.717) is 6.61 Å². The molecule has 0 spiro atoms. The number of aliphatic hydroxyl groups is 1. The van der Waals surface area contributed by atoms with Crippen LogP contribution in [-0.4, -0.2) is 38.5 Å². The third-order valence-corrected chi connectivity index (χ3v) is 1.46. The van der Waals surface area contributed by atoms with Gasteiger partial charge >= 0.3 is 0 Å². The zero-order valence-electron chi connectivity index (χ0n) is 7.31. The molecular formula is C8H19NO2. The highest BCUT2D eigenvalue weighted by atomic mass is 16.5. The van der Waals surface area contributed by atoms with Gasteiger partial charge in [-0.05, 0) is 32.4 Å². The van der Waals surface area contributed by atoms with Gasteiger partial charge in [0.15, 0.2) is 0 Å². The van der Waals surface area contributed by atoms with Crippen molar-refractivity contribution in [3.8, 4) is 0 Å². The Bertz CT molecular complexity index is 61.1. The summed E-state index contributed by atoms with van der Waals surface area (Å²) >= 11 is 0. The van der Waals surface area contributed by atoms with Crippen LogP contribution >= 0.6 is 0 Å². The minimum Gasteiger partial charge on any atom is -0.396 e. The van der Waals surface area contributed by atoms with Crippen molar-refractivity contribution in [3.05, 3.63) is 0 Å². The third kappa shape index (κ3) is 9.88. The van der Waals surface area contributed by atoms with Crippen LogP contribution in [0.4, 0.5) is 0 Å². The fourth-order valence-electron chi connectivity index (χ4n) is 0.828. The molecule has 0 saturated carbocycles. The second kappa shape index (κ2) is 9.88. The Balaban J connectivity index is 2.69. The van der Waals surface area contributed by atoms with Gasteiger partial charge in [-0.15, -0.1) is 0 Å². The van der Waals surface area contributed by atoms with E-state index in [2.05, 4.69) is 5.32 Å². The highest BCUT2D eigenvalue weighted by Gasteiger charge is 1.87. The van der Waals surface area contributed by atoms with Crippen molar-refractivity contribution >= 4 is 0 Å². The van der Waals surface area contributed by atoms with E-state index < -0.39 is 0 Å². The lowest BCUT2D eigenvalue weighted by Crippen LogP contribution is -2.18. The molecule has 0 bridgehead atoms. The minimum atomic E-state index is 0.305. The maximum atomic E-state index is 8.46. The largest absolute Gasteiger partial charge is 0.396 e. The third-order valence-electron chi connectivity index (χ3n) is 1.46. The summed E-state index contributed by atoms with van der Waals surface area (Å²) < 4.78 is 4.89. The summed E-state index contributed by atoms with van der Waals surface area (Å²) in [5, 5.41) is 11.7. The molecule has 0 radical (unpaired) electrons. The normalized spacial score (nSPS) is 10.4. The van der Waals surface area contributed by atoms with Gasteiger partial charge in [0.2, 0.25) is 0 Å². The zero-order chi connectivity index (χ0) is 8.36. The highest BCUT2D eigenvalue weighted by Crippen LogP contribution is 1.84. The van der Waals surface area contributed by atoms with Gasteiger partial charge in [-0.1, -0.05) is 0 Å². The first-order chi connectivity index (χ1) is 5.41. The van der Waals surface area contributed by atoms with E-state index in [0.717, 1.165) is 39.0 Å². The van der Waals surface area contributed by atoms with Gasteiger partial charge in [-0.2, -0.15) is 0 Å². The number of nitrogens with one attached hydrogen (secondary N) is 1. The standard InChI is InChI=1S/C8H19NO2/c1-11-8-4-6-9-5-2-3-7-10/h9-10H,2-8H2,1H3. The monoisotopic (exact) mass is 161 g/mol. The number of rotatable bonds is 8. The molecule has 0 fully saturated rings. The van der Waals surface area contributed by atoms with Crippen molar-refractivity contribution in [1.29, 1.82) is 0 Å². The topological polar surface area (TPSA) is 41.5 Å². The molecule has 0 heterocycles. The summed E-state index contributed by atoms with van der Waals surface area (Å²) in [5.41, 5.74) is 0. The lowest BCUT2D eigenvalue weighted by molar-refractivity contribution is 0.194. The summed E-state index contributed by atoms with van der Waals surface area (Å²) in [5.74, 6) is 0. The van der Waals surface area contributed by atoms with E-state index in [-0.39, 0.29) is 0 Å². The molecule has 0 unspecified atom stereocenters. The molecule has 0 aliphatic rings. The number of unbranched alkanes of at least 4 members (excludes halogenated alkanes) is 1. The highest BCUT2D eigenvalue weighted by molar-refractivity contribution is 4.47. The van der Waals surface area contributed by atoms with Gasteiger partial charge in [0.25, 0.3) is 0 Å². The van der Waals surface area contributed by atoms with Crippen LogP contribution in [0, 0.1) is 0 Å². The summed E-state index contributed by atoms with van der Waals surface area (Å²) in [6, 6.07) is 0. The van der Waals surface area contributed by atoms with E-state index in [1.807, 2.05) is 0 Å². The fourth-order valence-corrected chi connectivity index (χ4v) is 0.828. The van der Waals surface area contributed by atoms with E-state index >= 15 is 0 Å². The van der Waals surface area contributed by atoms with Crippen LogP contribution in [0.15, 0.2) is 0 Å². The molecule has 0 aromatic carbocycles. The first-order valence-corrected chi connectivity index (χ1v) is 4.22. The summed E-state index contributed by atoms with van der Waals surface area (Å²) in [6.45, 7) is 3.15. The van der Waals surface area contributed by atoms with Crippen molar-refractivity contribution in [2.45, 2.75) is 19.3 Å². The molecule has 0 aliphatic heterocycles. The molecule has 0 aliphatic carbocycles. The molecule has 0 rings (SSSR count). The Morgan fingerprint density at radius 1 is 1.18 bits per heavy atom. The summed E-state index contributed by atoms with van der Waals surface area (Å²) in [7, 11) is 1.71. The smallest absolute Gasteiger partial charge is 0.0474 e. The minimum absolute atomic E-state index is 0.305. The van der Waals surface area contributed by atoms with Crippen LogP contribution < -0.4 is 5.32 Å². The molecule has 0 aromatic rings. The predicted octanol–water partition coefficient (Wildman–Crippen LogP) is 0.385. The maximum absolute atomic E-state index is 8.46. The van der Waals surface area contributed by atoms with Crippen molar-refractivity contribution < 1.29 is 9.84 Å². The Morgan fingerprint density at radius 2 is 1.91 bits per heavy atom. The average Bonchev–Trinajstić information content (AvgIpc) is 2.03.